The number of nitrogens with one attached hydrogen (secondary N) is 1. The van der Waals surface area contributed by atoms with Gasteiger partial charge in [-0.1, -0.05) is 43.2 Å². The first kappa shape index (κ1) is 22.9. The lowest BCUT2D eigenvalue weighted by Crippen LogP contribution is -2.50. The Balaban J connectivity index is 1.74. The maximum absolute atomic E-state index is 13.2. The zero-order chi connectivity index (χ0) is 22.4. The molecule has 166 valence electrons. The number of nitrogens with zero attached hydrogens (tertiary/aromatic N) is 1. The number of ether oxygens (including phenoxy) is 1. The Hall–Kier alpha value is -2.82. The number of benzene rings is 2. The summed E-state index contributed by atoms with van der Waals surface area (Å²) >= 11 is 0. The highest BCUT2D eigenvalue weighted by molar-refractivity contribution is 5.88. The van der Waals surface area contributed by atoms with E-state index in [2.05, 4.69) is 11.4 Å². The van der Waals surface area contributed by atoms with Gasteiger partial charge < -0.3 is 15.0 Å². The largest absolute Gasteiger partial charge is 0.484 e. The molecule has 0 radical (unpaired) electrons. The van der Waals surface area contributed by atoms with E-state index in [4.69, 9.17) is 4.74 Å². The van der Waals surface area contributed by atoms with Crippen molar-refractivity contribution in [2.45, 2.75) is 72.0 Å². The smallest absolute Gasteiger partial charge is 0.261 e. The van der Waals surface area contributed by atoms with Crippen molar-refractivity contribution in [1.82, 2.24) is 10.2 Å². The molecule has 3 rings (SSSR count). The van der Waals surface area contributed by atoms with Crippen molar-refractivity contribution in [3.63, 3.8) is 0 Å². The standard InChI is InChI=1S/C26H34N2O3/c1-18-13-19(2)15-24(14-18)31-17-25(29)28(16-22-10-6-5-9-20(22)3)21(4)26(30)27-23-11-7-8-12-23/h5-6,9-10,13-15,21,23H,7-8,11-12,16-17H2,1-4H3,(H,27,30). The molecule has 2 aromatic rings. The normalized spacial score (nSPS) is 14.8. The Morgan fingerprint density at radius 2 is 1.71 bits per heavy atom. The molecule has 1 fully saturated rings. The van der Waals surface area contributed by atoms with E-state index in [1.54, 1.807) is 11.8 Å². The number of carbonyl (C=O) groups excluding carboxylic acids is 2. The summed E-state index contributed by atoms with van der Waals surface area (Å²) in [6.45, 7) is 8.10. The van der Waals surface area contributed by atoms with E-state index >= 15 is 0 Å². The van der Waals surface area contributed by atoms with Crippen molar-refractivity contribution in [3.05, 3.63) is 64.7 Å². The van der Waals surface area contributed by atoms with Crippen LogP contribution in [0.3, 0.4) is 0 Å². The quantitative estimate of drug-likeness (QED) is 0.683. The summed E-state index contributed by atoms with van der Waals surface area (Å²) in [6, 6.07) is 13.5. The third kappa shape index (κ3) is 6.33. The van der Waals surface area contributed by atoms with Crippen LogP contribution in [0.1, 0.15) is 54.9 Å². The summed E-state index contributed by atoms with van der Waals surface area (Å²) in [5.74, 6) is 0.376. The molecule has 1 N–H and O–H groups in total. The van der Waals surface area contributed by atoms with Gasteiger partial charge in [-0.2, -0.15) is 0 Å². The maximum atomic E-state index is 13.2. The monoisotopic (exact) mass is 422 g/mol. The zero-order valence-electron chi connectivity index (χ0n) is 19.1. The Morgan fingerprint density at radius 1 is 1.06 bits per heavy atom. The third-order valence-electron chi connectivity index (χ3n) is 6.03. The van der Waals surface area contributed by atoms with Gasteiger partial charge in [0.15, 0.2) is 6.61 Å². The van der Waals surface area contributed by atoms with Crippen molar-refractivity contribution in [3.8, 4) is 5.75 Å². The fourth-order valence-corrected chi connectivity index (χ4v) is 4.19. The van der Waals surface area contributed by atoms with Gasteiger partial charge in [0.25, 0.3) is 5.91 Å². The van der Waals surface area contributed by atoms with Crippen molar-refractivity contribution >= 4 is 11.8 Å². The molecule has 0 heterocycles. The average Bonchev–Trinajstić information content (AvgIpc) is 3.23. The van der Waals surface area contributed by atoms with Gasteiger partial charge in [-0.15, -0.1) is 0 Å². The average molecular weight is 423 g/mol. The van der Waals surface area contributed by atoms with Crippen molar-refractivity contribution in [1.29, 1.82) is 0 Å². The molecule has 1 aliphatic carbocycles. The van der Waals surface area contributed by atoms with Crippen LogP contribution in [0.25, 0.3) is 0 Å². The lowest BCUT2D eigenvalue weighted by Gasteiger charge is -2.30. The van der Waals surface area contributed by atoms with Gasteiger partial charge >= 0.3 is 0 Å². The molecule has 5 heteroatoms. The van der Waals surface area contributed by atoms with Crippen LogP contribution < -0.4 is 10.1 Å². The summed E-state index contributed by atoms with van der Waals surface area (Å²) < 4.78 is 5.82. The molecule has 0 spiro atoms. The van der Waals surface area contributed by atoms with Crippen molar-refractivity contribution in [2.24, 2.45) is 0 Å². The molecule has 2 aromatic carbocycles. The van der Waals surface area contributed by atoms with Gasteiger partial charge in [0, 0.05) is 12.6 Å². The van der Waals surface area contributed by atoms with Crippen LogP contribution in [0.4, 0.5) is 0 Å². The van der Waals surface area contributed by atoms with Crippen LogP contribution in [-0.2, 0) is 16.1 Å². The lowest BCUT2D eigenvalue weighted by molar-refractivity contribution is -0.142. The van der Waals surface area contributed by atoms with E-state index in [1.165, 1.54) is 0 Å². The number of aryl methyl sites for hydroxylation is 3. The molecule has 0 aromatic heterocycles. The number of amides is 2. The SMILES string of the molecule is Cc1cc(C)cc(OCC(=O)N(Cc2ccccc2C)C(C)C(=O)NC2CCCC2)c1. The highest BCUT2D eigenvalue weighted by Gasteiger charge is 2.29. The van der Waals surface area contributed by atoms with Gasteiger partial charge in [0.2, 0.25) is 5.91 Å². The molecule has 31 heavy (non-hydrogen) atoms. The second-order valence-electron chi connectivity index (χ2n) is 8.73. The van der Waals surface area contributed by atoms with E-state index < -0.39 is 6.04 Å². The van der Waals surface area contributed by atoms with Gasteiger partial charge in [-0.3, -0.25) is 9.59 Å². The molecular formula is C26H34N2O3. The minimum absolute atomic E-state index is 0.0970. The summed E-state index contributed by atoms with van der Waals surface area (Å²) in [7, 11) is 0. The number of hydrogen-bond donors (Lipinski definition) is 1. The van der Waals surface area contributed by atoms with E-state index in [1.807, 2.05) is 57.2 Å². The molecule has 0 aliphatic heterocycles. The second kappa shape index (κ2) is 10.5. The second-order valence-corrected chi connectivity index (χ2v) is 8.73. The van der Waals surface area contributed by atoms with Crippen LogP contribution in [0.15, 0.2) is 42.5 Å². The van der Waals surface area contributed by atoms with E-state index in [-0.39, 0.29) is 24.5 Å². The Morgan fingerprint density at radius 3 is 2.35 bits per heavy atom. The minimum Gasteiger partial charge on any atom is -0.484 e. The molecule has 1 unspecified atom stereocenters. The fraction of sp³-hybridized carbons (Fsp3) is 0.462. The van der Waals surface area contributed by atoms with E-state index in [0.717, 1.165) is 47.9 Å². The maximum Gasteiger partial charge on any atom is 0.261 e. The van der Waals surface area contributed by atoms with Crippen LogP contribution in [0.2, 0.25) is 0 Å². The summed E-state index contributed by atoms with van der Waals surface area (Å²) in [6.07, 6.45) is 4.32. The first-order valence-corrected chi connectivity index (χ1v) is 11.2. The van der Waals surface area contributed by atoms with Crippen LogP contribution >= 0.6 is 0 Å². The zero-order valence-corrected chi connectivity index (χ0v) is 19.1. The first-order valence-electron chi connectivity index (χ1n) is 11.2. The van der Waals surface area contributed by atoms with E-state index in [9.17, 15) is 9.59 Å². The number of carbonyl (C=O) groups is 2. The predicted octanol–water partition coefficient (Wildman–Crippen LogP) is 4.47. The molecule has 1 atom stereocenters. The van der Waals surface area contributed by atoms with Crippen LogP contribution in [0, 0.1) is 20.8 Å². The van der Waals surface area contributed by atoms with Crippen molar-refractivity contribution in [2.75, 3.05) is 6.61 Å². The highest BCUT2D eigenvalue weighted by atomic mass is 16.5. The summed E-state index contributed by atoms with van der Waals surface area (Å²) in [5, 5.41) is 3.13. The topological polar surface area (TPSA) is 58.6 Å². The Kier molecular flexibility index (Phi) is 7.72. The predicted molar refractivity (Wildman–Crippen MR) is 123 cm³/mol. The molecule has 0 bridgehead atoms. The van der Waals surface area contributed by atoms with Gasteiger partial charge in [-0.25, -0.2) is 0 Å². The first-order chi connectivity index (χ1) is 14.8. The Labute approximate surface area is 185 Å². The lowest BCUT2D eigenvalue weighted by atomic mass is 10.1. The molecule has 2 amide bonds. The van der Waals surface area contributed by atoms with Crippen LogP contribution in [-0.4, -0.2) is 35.4 Å². The fourth-order valence-electron chi connectivity index (χ4n) is 4.19. The van der Waals surface area contributed by atoms with Gasteiger partial charge in [0.1, 0.15) is 11.8 Å². The highest BCUT2D eigenvalue weighted by Crippen LogP contribution is 2.20. The summed E-state index contributed by atoms with van der Waals surface area (Å²) in [4.78, 5) is 27.8. The third-order valence-corrected chi connectivity index (χ3v) is 6.03. The van der Waals surface area contributed by atoms with Crippen LogP contribution in [0.5, 0.6) is 5.75 Å². The number of rotatable bonds is 8. The molecule has 1 saturated carbocycles. The number of hydrogen-bond acceptors (Lipinski definition) is 3. The minimum atomic E-state index is -0.574. The van der Waals surface area contributed by atoms with Crippen molar-refractivity contribution < 1.29 is 14.3 Å². The molecular weight excluding hydrogens is 388 g/mol. The molecule has 0 saturated heterocycles. The Bertz CT molecular complexity index is 898. The summed E-state index contributed by atoms with van der Waals surface area (Å²) in [5.41, 5.74) is 4.30. The molecule has 1 aliphatic rings. The van der Waals surface area contributed by atoms with E-state index in [0.29, 0.717) is 12.3 Å². The van der Waals surface area contributed by atoms with Gasteiger partial charge in [-0.05, 0) is 74.9 Å². The van der Waals surface area contributed by atoms with Gasteiger partial charge in [0.05, 0.1) is 0 Å². The molecule has 5 nitrogen and oxygen atoms in total.